The topological polar surface area (TPSA) is 76.7 Å². The molecule has 0 saturated heterocycles. The lowest BCUT2D eigenvalue weighted by atomic mass is 10.0. The van der Waals surface area contributed by atoms with Crippen molar-refractivity contribution in [2.45, 2.75) is 34.1 Å². The number of ether oxygens (including phenoxy) is 1. The van der Waals surface area contributed by atoms with Crippen molar-refractivity contribution in [3.05, 3.63) is 99.4 Å². The molecule has 5 aromatic rings. The Morgan fingerprint density at radius 1 is 1.03 bits per heavy atom. The van der Waals surface area contributed by atoms with Gasteiger partial charge >= 0.3 is 0 Å². The van der Waals surface area contributed by atoms with Gasteiger partial charge in [0.2, 0.25) is 5.55 Å². The Labute approximate surface area is 225 Å². The molecule has 1 N–H and O–H groups in total. The molecule has 192 valence electrons. The molecule has 0 unspecified atom stereocenters. The van der Waals surface area contributed by atoms with E-state index in [0.29, 0.717) is 27.7 Å². The lowest BCUT2D eigenvalue weighted by Gasteiger charge is -2.08. The largest absolute Gasteiger partial charge is 0.493 e. The number of carbonyl (C=O) groups is 1. The van der Waals surface area contributed by atoms with Crippen LogP contribution in [0.15, 0.2) is 76.1 Å². The predicted octanol–water partition coefficient (Wildman–Crippen LogP) is 7.54. The predicted molar refractivity (Wildman–Crippen MR) is 154 cm³/mol. The molecule has 38 heavy (non-hydrogen) atoms. The van der Waals surface area contributed by atoms with E-state index in [-0.39, 0.29) is 11.5 Å². The van der Waals surface area contributed by atoms with Gasteiger partial charge in [-0.15, -0.1) is 11.3 Å². The van der Waals surface area contributed by atoms with E-state index in [2.05, 4.69) is 44.3 Å². The summed E-state index contributed by atoms with van der Waals surface area (Å²) in [4.78, 5) is 24.3. The van der Waals surface area contributed by atoms with Crippen molar-refractivity contribution in [3.8, 4) is 17.0 Å². The third kappa shape index (κ3) is 5.10. The van der Waals surface area contributed by atoms with Crippen molar-refractivity contribution in [2.75, 3.05) is 12.4 Å². The highest BCUT2D eigenvalue weighted by Gasteiger charge is 2.19. The second-order valence-corrected chi connectivity index (χ2v) is 10.3. The molecule has 0 spiro atoms. The number of fused-ring (bicyclic) bond motifs is 1. The smallest absolute Gasteiger partial charge is 0.262 e. The molecule has 0 radical (unpaired) electrons. The Bertz CT molecular complexity index is 1730. The number of carbonyl (C=O) groups excluding carboxylic acids is 1. The molecular formula is C31H29N3O3S. The van der Waals surface area contributed by atoms with Crippen molar-refractivity contribution in [3.63, 3.8) is 0 Å². The number of benzene rings is 3. The molecule has 3 aromatic carbocycles. The lowest BCUT2D eigenvalue weighted by Crippen LogP contribution is -2.21. The molecule has 7 heteroatoms. The molecule has 2 heterocycles. The summed E-state index contributed by atoms with van der Waals surface area (Å²) in [6.45, 7) is 8.28. The lowest BCUT2D eigenvalue weighted by molar-refractivity contribution is 0.102. The van der Waals surface area contributed by atoms with Gasteiger partial charge in [-0.1, -0.05) is 43.3 Å². The fourth-order valence-corrected chi connectivity index (χ4v) is 5.19. The number of nitrogens with one attached hydrogen (secondary N) is 1. The number of methoxy groups -OCH3 is 1. The number of nitrogens with zero attached hydrogens (tertiary/aromatic N) is 2. The highest BCUT2D eigenvalue weighted by molar-refractivity contribution is 7.16. The highest BCUT2D eigenvalue weighted by atomic mass is 32.1. The Kier molecular flexibility index (Phi) is 7.11. The fraction of sp³-hybridized carbons (Fsp3) is 0.194. The van der Waals surface area contributed by atoms with Gasteiger partial charge in [-0.25, -0.2) is 9.98 Å². The number of aryl methyl sites for hydroxylation is 4. The van der Waals surface area contributed by atoms with E-state index in [9.17, 15) is 4.79 Å². The maximum Gasteiger partial charge on any atom is 0.262 e. The average molecular weight is 524 g/mol. The number of anilines is 1. The summed E-state index contributed by atoms with van der Waals surface area (Å²) in [6.07, 6.45) is 0.814. The van der Waals surface area contributed by atoms with Crippen LogP contribution in [0.1, 0.15) is 38.8 Å². The van der Waals surface area contributed by atoms with Crippen molar-refractivity contribution in [2.24, 2.45) is 4.99 Å². The molecule has 1 amide bonds. The molecule has 0 aliphatic rings. The van der Waals surface area contributed by atoms with Crippen molar-refractivity contribution in [1.82, 2.24) is 4.98 Å². The molecule has 0 atom stereocenters. The highest BCUT2D eigenvalue weighted by Crippen LogP contribution is 2.33. The van der Waals surface area contributed by atoms with E-state index in [1.54, 1.807) is 13.2 Å². The van der Waals surface area contributed by atoms with Gasteiger partial charge < -0.3 is 9.15 Å². The van der Waals surface area contributed by atoms with Crippen molar-refractivity contribution in [1.29, 1.82) is 0 Å². The Hall–Kier alpha value is -4.23. The Balaban J connectivity index is 1.59. The summed E-state index contributed by atoms with van der Waals surface area (Å²) < 4.78 is 11.7. The third-order valence-electron chi connectivity index (χ3n) is 6.45. The molecule has 0 bridgehead atoms. The molecule has 5 rings (SSSR count). The summed E-state index contributed by atoms with van der Waals surface area (Å²) in [7, 11) is 1.59. The van der Waals surface area contributed by atoms with Crippen LogP contribution in [-0.2, 0) is 6.42 Å². The second kappa shape index (κ2) is 10.6. The molecule has 2 aromatic heterocycles. The summed E-state index contributed by atoms with van der Waals surface area (Å²) in [5, 5.41) is 4.27. The number of para-hydroxylation sites is 1. The average Bonchev–Trinajstić information content (AvgIpc) is 3.32. The minimum absolute atomic E-state index is 0.201. The summed E-state index contributed by atoms with van der Waals surface area (Å²) >= 11 is 1.48. The van der Waals surface area contributed by atoms with Crippen LogP contribution in [0.4, 0.5) is 10.8 Å². The zero-order chi connectivity index (χ0) is 26.8. The summed E-state index contributed by atoms with van der Waals surface area (Å²) in [6, 6.07) is 21.4. The normalized spacial score (nSPS) is 11.7. The van der Waals surface area contributed by atoms with Gasteiger partial charge in [0.1, 0.15) is 5.56 Å². The van der Waals surface area contributed by atoms with E-state index in [4.69, 9.17) is 19.1 Å². The van der Waals surface area contributed by atoms with Crippen LogP contribution in [0.25, 0.3) is 22.2 Å². The Morgan fingerprint density at radius 3 is 2.58 bits per heavy atom. The van der Waals surface area contributed by atoms with Crippen molar-refractivity contribution >= 4 is 39.0 Å². The first kappa shape index (κ1) is 25.4. The summed E-state index contributed by atoms with van der Waals surface area (Å²) in [5.41, 5.74) is 7.17. The van der Waals surface area contributed by atoms with Gasteiger partial charge in [0.25, 0.3) is 5.91 Å². The number of amides is 1. The van der Waals surface area contributed by atoms with E-state index in [1.165, 1.54) is 22.5 Å². The molecule has 0 aliphatic heterocycles. The summed E-state index contributed by atoms with van der Waals surface area (Å²) in [5.74, 6) is 0.230. The molecule has 6 nitrogen and oxygen atoms in total. The van der Waals surface area contributed by atoms with Gasteiger partial charge in [0.15, 0.2) is 16.5 Å². The minimum Gasteiger partial charge on any atom is -0.493 e. The number of hydrogen-bond donors (Lipinski definition) is 1. The van der Waals surface area contributed by atoms with E-state index < -0.39 is 0 Å². The maximum absolute atomic E-state index is 13.6. The maximum atomic E-state index is 13.6. The van der Waals surface area contributed by atoms with Crippen LogP contribution in [0, 0.1) is 20.8 Å². The first-order valence-electron chi connectivity index (χ1n) is 12.5. The zero-order valence-corrected chi connectivity index (χ0v) is 22.9. The van der Waals surface area contributed by atoms with Crippen LogP contribution in [0.5, 0.6) is 5.75 Å². The minimum atomic E-state index is -0.340. The number of aromatic nitrogens is 1. The van der Waals surface area contributed by atoms with Gasteiger partial charge in [-0.2, -0.15) is 0 Å². The van der Waals surface area contributed by atoms with Gasteiger partial charge in [0, 0.05) is 15.8 Å². The molecular weight excluding hydrogens is 494 g/mol. The van der Waals surface area contributed by atoms with E-state index in [0.717, 1.165) is 33.5 Å². The monoisotopic (exact) mass is 523 g/mol. The van der Waals surface area contributed by atoms with Crippen molar-refractivity contribution < 1.29 is 13.9 Å². The van der Waals surface area contributed by atoms with E-state index in [1.807, 2.05) is 49.4 Å². The van der Waals surface area contributed by atoms with Crippen LogP contribution >= 0.6 is 11.3 Å². The first-order valence-corrected chi connectivity index (χ1v) is 13.3. The molecule has 0 fully saturated rings. The van der Waals surface area contributed by atoms with E-state index >= 15 is 0 Å². The number of thiazole rings is 1. The quantitative estimate of drug-likeness (QED) is 0.249. The van der Waals surface area contributed by atoms with Crippen LogP contribution in [0.2, 0.25) is 0 Å². The standard InChI is InChI=1S/C31H29N3O3S/c1-6-26-27(21-14-13-19(3)20(4)16-21)33-31(38-26)34-29(35)24-17-22-10-8-12-25(36-5)28(22)37-30(24)32-23-11-7-9-18(2)15-23/h7-17H,6H2,1-5H3,(H,33,34,35). The van der Waals surface area contributed by atoms with Crippen LogP contribution in [0.3, 0.4) is 0 Å². The zero-order valence-electron chi connectivity index (χ0n) is 22.1. The van der Waals surface area contributed by atoms with Gasteiger partial charge in [-0.05, 0) is 74.2 Å². The molecule has 0 aliphatic carbocycles. The SMILES string of the molecule is CCc1sc(NC(=O)c2cc3cccc(OC)c3oc2=Nc2cccc(C)c2)nc1-c1ccc(C)c(C)c1. The van der Waals surface area contributed by atoms with Gasteiger partial charge in [-0.3, -0.25) is 10.1 Å². The number of rotatable bonds is 6. The number of hydrogen-bond acceptors (Lipinski definition) is 6. The van der Waals surface area contributed by atoms with Crippen LogP contribution < -0.4 is 15.6 Å². The Morgan fingerprint density at radius 2 is 1.84 bits per heavy atom. The molecule has 0 saturated carbocycles. The fourth-order valence-electron chi connectivity index (χ4n) is 4.27. The second-order valence-electron chi connectivity index (χ2n) is 9.19. The first-order chi connectivity index (χ1) is 18.4. The third-order valence-corrected chi connectivity index (χ3v) is 7.57. The van der Waals surface area contributed by atoms with Gasteiger partial charge in [0.05, 0.1) is 18.5 Å². The van der Waals surface area contributed by atoms with Crippen LogP contribution in [-0.4, -0.2) is 18.0 Å².